The van der Waals surface area contributed by atoms with Gasteiger partial charge in [-0.2, -0.15) is 0 Å². The average molecular weight is 393 g/mol. The van der Waals surface area contributed by atoms with Crippen molar-refractivity contribution in [1.29, 1.82) is 0 Å². The first-order valence-electron chi connectivity index (χ1n) is 9.38. The molecule has 0 bridgehead atoms. The van der Waals surface area contributed by atoms with Crippen LogP contribution in [0, 0.1) is 5.92 Å². The van der Waals surface area contributed by atoms with E-state index in [1.54, 1.807) is 32.2 Å². The number of para-hydroxylation sites is 1. The van der Waals surface area contributed by atoms with Crippen molar-refractivity contribution in [2.45, 2.75) is 12.5 Å². The number of hydrogen-bond acceptors (Lipinski definition) is 4. The van der Waals surface area contributed by atoms with E-state index in [4.69, 9.17) is 9.47 Å². The van der Waals surface area contributed by atoms with E-state index in [1.807, 2.05) is 42.6 Å². The van der Waals surface area contributed by atoms with Crippen LogP contribution in [-0.4, -0.2) is 43.0 Å². The fourth-order valence-corrected chi connectivity index (χ4v) is 4.04. The third-order valence-corrected chi connectivity index (χ3v) is 5.50. The van der Waals surface area contributed by atoms with Gasteiger partial charge in [-0.25, -0.2) is 0 Å². The maximum atomic E-state index is 13.1. The molecule has 7 heteroatoms. The molecule has 1 fully saturated rings. The first kappa shape index (κ1) is 18.9. The summed E-state index contributed by atoms with van der Waals surface area (Å²) in [6.45, 7) is 0. The number of aromatic amines is 1. The Morgan fingerprint density at radius 1 is 1.17 bits per heavy atom. The quantitative estimate of drug-likeness (QED) is 0.696. The van der Waals surface area contributed by atoms with Crippen molar-refractivity contribution in [3.05, 3.63) is 54.2 Å². The van der Waals surface area contributed by atoms with Gasteiger partial charge in [-0.1, -0.05) is 12.1 Å². The molecule has 2 N–H and O–H groups in total. The molecule has 4 rings (SSSR count). The van der Waals surface area contributed by atoms with E-state index in [9.17, 15) is 9.59 Å². The van der Waals surface area contributed by atoms with Gasteiger partial charge in [-0.15, -0.1) is 0 Å². The summed E-state index contributed by atoms with van der Waals surface area (Å²) >= 11 is 0. The lowest BCUT2D eigenvalue weighted by atomic mass is 9.92. The predicted octanol–water partition coefficient (Wildman–Crippen LogP) is 3.34. The lowest BCUT2D eigenvalue weighted by Crippen LogP contribution is -2.30. The second kappa shape index (κ2) is 7.50. The summed E-state index contributed by atoms with van der Waals surface area (Å²) in [4.78, 5) is 30.4. The molecule has 0 aliphatic carbocycles. The van der Waals surface area contributed by atoms with E-state index in [2.05, 4.69) is 10.3 Å². The van der Waals surface area contributed by atoms with Crippen molar-refractivity contribution < 1.29 is 19.1 Å². The highest BCUT2D eigenvalue weighted by molar-refractivity contribution is 5.99. The first-order chi connectivity index (χ1) is 14.0. The maximum absolute atomic E-state index is 13.1. The summed E-state index contributed by atoms with van der Waals surface area (Å²) in [5.74, 6) is 0.270. The molecule has 2 amide bonds. The van der Waals surface area contributed by atoms with Gasteiger partial charge in [0, 0.05) is 41.8 Å². The van der Waals surface area contributed by atoms with Crippen molar-refractivity contribution in [2.24, 2.45) is 5.92 Å². The van der Waals surface area contributed by atoms with Gasteiger partial charge in [-0.3, -0.25) is 9.59 Å². The van der Waals surface area contributed by atoms with E-state index >= 15 is 0 Å². The monoisotopic (exact) mass is 393 g/mol. The molecular formula is C22H23N3O4. The molecule has 0 unspecified atom stereocenters. The second-order valence-electron chi connectivity index (χ2n) is 7.11. The molecule has 1 aliphatic heterocycles. The van der Waals surface area contributed by atoms with Gasteiger partial charge < -0.3 is 24.7 Å². The summed E-state index contributed by atoms with van der Waals surface area (Å²) in [5.41, 5.74) is 2.44. The van der Waals surface area contributed by atoms with Gasteiger partial charge in [0.25, 0.3) is 0 Å². The van der Waals surface area contributed by atoms with Gasteiger partial charge in [0.1, 0.15) is 0 Å². The number of rotatable bonds is 5. The standard InChI is InChI=1S/C22H23N3O4/c1-25-19(26)12-16(20(25)15-5-4-6-18(28-2)21(15)29-3)22(27)24-14-7-8-17-13(11-14)9-10-23-17/h4-11,16,20,23H,12H2,1-3H3,(H,24,27)/t16-,20-/m0/s1. The molecule has 0 spiro atoms. The molecule has 7 nitrogen and oxygen atoms in total. The number of nitrogens with one attached hydrogen (secondary N) is 2. The highest BCUT2D eigenvalue weighted by Crippen LogP contribution is 2.44. The third-order valence-electron chi connectivity index (χ3n) is 5.50. The van der Waals surface area contributed by atoms with Crippen molar-refractivity contribution in [3.63, 3.8) is 0 Å². The molecular weight excluding hydrogens is 370 g/mol. The molecule has 29 heavy (non-hydrogen) atoms. The number of likely N-dealkylation sites (tertiary alicyclic amines) is 1. The fourth-order valence-electron chi connectivity index (χ4n) is 4.04. The van der Waals surface area contributed by atoms with Crippen molar-refractivity contribution in [1.82, 2.24) is 9.88 Å². The Balaban J connectivity index is 1.66. The van der Waals surface area contributed by atoms with E-state index in [0.29, 0.717) is 17.2 Å². The summed E-state index contributed by atoms with van der Waals surface area (Å²) in [6.07, 6.45) is 1.99. The van der Waals surface area contributed by atoms with Crippen LogP contribution >= 0.6 is 0 Å². The van der Waals surface area contributed by atoms with Crippen LogP contribution in [0.2, 0.25) is 0 Å². The number of carbonyl (C=O) groups excluding carboxylic acids is 2. The normalized spacial score (nSPS) is 18.9. The maximum Gasteiger partial charge on any atom is 0.230 e. The molecule has 3 aromatic rings. The Bertz CT molecular complexity index is 1070. The molecule has 1 aliphatic rings. The number of ether oxygens (including phenoxy) is 2. The summed E-state index contributed by atoms with van der Waals surface area (Å²) in [6, 6.07) is 12.7. The van der Waals surface area contributed by atoms with Crippen LogP contribution in [-0.2, 0) is 9.59 Å². The fraction of sp³-hybridized carbons (Fsp3) is 0.273. The molecule has 1 saturated heterocycles. The molecule has 0 saturated carbocycles. The zero-order valence-corrected chi connectivity index (χ0v) is 16.6. The van der Waals surface area contributed by atoms with E-state index in [0.717, 1.165) is 16.5 Å². The minimum Gasteiger partial charge on any atom is -0.493 e. The highest BCUT2D eigenvalue weighted by atomic mass is 16.5. The minimum absolute atomic E-state index is 0.0823. The number of amides is 2. The van der Waals surface area contributed by atoms with Crippen molar-refractivity contribution in [2.75, 3.05) is 26.6 Å². The van der Waals surface area contributed by atoms with Gasteiger partial charge in [0.2, 0.25) is 11.8 Å². The number of anilines is 1. The Hall–Kier alpha value is -3.48. The number of H-pyrrole nitrogens is 1. The Morgan fingerprint density at radius 3 is 2.76 bits per heavy atom. The Labute approximate surface area is 168 Å². The zero-order chi connectivity index (χ0) is 20.5. The summed E-state index contributed by atoms with van der Waals surface area (Å²) < 4.78 is 10.9. The third kappa shape index (κ3) is 3.29. The van der Waals surface area contributed by atoms with Gasteiger partial charge in [0.05, 0.1) is 26.2 Å². The molecule has 0 radical (unpaired) electrons. The van der Waals surface area contributed by atoms with Crippen LogP contribution in [0.15, 0.2) is 48.7 Å². The highest BCUT2D eigenvalue weighted by Gasteiger charge is 2.44. The van der Waals surface area contributed by atoms with E-state index < -0.39 is 12.0 Å². The molecule has 150 valence electrons. The molecule has 2 heterocycles. The van der Waals surface area contributed by atoms with Crippen LogP contribution in [0.1, 0.15) is 18.0 Å². The summed E-state index contributed by atoms with van der Waals surface area (Å²) in [5, 5.41) is 3.98. The number of nitrogens with zero attached hydrogens (tertiary/aromatic N) is 1. The molecule has 1 aromatic heterocycles. The number of fused-ring (bicyclic) bond motifs is 1. The number of carbonyl (C=O) groups is 2. The lowest BCUT2D eigenvalue weighted by Gasteiger charge is -2.27. The number of methoxy groups -OCH3 is 2. The number of benzene rings is 2. The van der Waals surface area contributed by atoms with Crippen LogP contribution in [0.5, 0.6) is 11.5 Å². The molecule has 2 atom stereocenters. The number of hydrogen-bond donors (Lipinski definition) is 2. The largest absolute Gasteiger partial charge is 0.493 e. The topological polar surface area (TPSA) is 83.7 Å². The Morgan fingerprint density at radius 2 is 2.00 bits per heavy atom. The number of aromatic nitrogens is 1. The lowest BCUT2D eigenvalue weighted by molar-refractivity contribution is -0.128. The smallest absolute Gasteiger partial charge is 0.230 e. The van der Waals surface area contributed by atoms with E-state index in [1.165, 1.54) is 0 Å². The van der Waals surface area contributed by atoms with Crippen LogP contribution < -0.4 is 14.8 Å². The Kier molecular flexibility index (Phi) is 4.88. The predicted molar refractivity (Wildman–Crippen MR) is 110 cm³/mol. The minimum atomic E-state index is -0.546. The average Bonchev–Trinajstić information content (AvgIpc) is 3.31. The first-order valence-corrected chi connectivity index (χ1v) is 9.38. The van der Waals surface area contributed by atoms with E-state index in [-0.39, 0.29) is 18.2 Å². The van der Waals surface area contributed by atoms with Crippen molar-refractivity contribution in [3.8, 4) is 11.5 Å². The van der Waals surface area contributed by atoms with Gasteiger partial charge >= 0.3 is 0 Å². The zero-order valence-electron chi connectivity index (χ0n) is 16.6. The van der Waals surface area contributed by atoms with Crippen LogP contribution in [0.4, 0.5) is 5.69 Å². The summed E-state index contributed by atoms with van der Waals surface area (Å²) in [7, 11) is 4.83. The second-order valence-corrected chi connectivity index (χ2v) is 7.11. The SMILES string of the molecule is COc1cccc([C@H]2[C@@H](C(=O)Nc3ccc4[nH]ccc4c3)CC(=O)N2C)c1OC. The van der Waals surface area contributed by atoms with Gasteiger partial charge in [-0.05, 0) is 30.3 Å². The van der Waals surface area contributed by atoms with Gasteiger partial charge in [0.15, 0.2) is 11.5 Å². The van der Waals surface area contributed by atoms with Crippen molar-refractivity contribution >= 4 is 28.4 Å². The van der Waals surface area contributed by atoms with Crippen LogP contribution in [0.25, 0.3) is 10.9 Å². The molecule has 2 aromatic carbocycles. The van der Waals surface area contributed by atoms with Crippen LogP contribution in [0.3, 0.4) is 0 Å².